The van der Waals surface area contributed by atoms with Crippen molar-refractivity contribution in [1.29, 1.82) is 0 Å². The van der Waals surface area contributed by atoms with Crippen molar-refractivity contribution in [1.82, 2.24) is 10.6 Å². The molecule has 2 amide bonds. The Bertz CT molecular complexity index is 764. The lowest BCUT2D eigenvalue weighted by Gasteiger charge is -2.21. The van der Waals surface area contributed by atoms with Gasteiger partial charge in [0.15, 0.2) is 0 Å². The fourth-order valence-electron chi connectivity index (χ4n) is 2.61. The van der Waals surface area contributed by atoms with Gasteiger partial charge in [-0.2, -0.15) is 0 Å². The van der Waals surface area contributed by atoms with E-state index in [1.807, 2.05) is 30.3 Å². The molecule has 0 aromatic heterocycles. The van der Waals surface area contributed by atoms with Crippen molar-refractivity contribution < 1.29 is 18.4 Å². The summed E-state index contributed by atoms with van der Waals surface area (Å²) in [6, 6.07) is 12.0. The van der Waals surface area contributed by atoms with Crippen LogP contribution in [-0.2, 0) is 4.79 Å². The summed E-state index contributed by atoms with van der Waals surface area (Å²) in [5.74, 6) is -2.52. The molecule has 0 saturated carbocycles. The minimum absolute atomic E-state index is 0.178. The molecule has 138 valence electrons. The number of hydrogen-bond donors (Lipinski definition) is 2. The molecule has 6 heteroatoms. The van der Waals surface area contributed by atoms with E-state index in [9.17, 15) is 18.4 Å². The van der Waals surface area contributed by atoms with Crippen LogP contribution in [0.1, 0.15) is 42.2 Å². The second kappa shape index (κ2) is 9.08. The molecule has 2 aromatic carbocycles. The number of nitrogens with one attached hydrogen (secondary N) is 2. The van der Waals surface area contributed by atoms with Crippen molar-refractivity contribution in [3.8, 4) is 0 Å². The van der Waals surface area contributed by atoms with Gasteiger partial charge in [0.05, 0.1) is 18.2 Å². The van der Waals surface area contributed by atoms with Gasteiger partial charge in [0, 0.05) is 6.07 Å². The van der Waals surface area contributed by atoms with E-state index >= 15 is 0 Å². The van der Waals surface area contributed by atoms with Gasteiger partial charge in [-0.3, -0.25) is 9.59 Å². The van der Waals surface area contributed by atoms with Gasteiger partial charge >= 0.3 is 0 Å². The molecule has 0 aliphatic heterocycles. The van der Waals surface area contributed by atoms with Crippen LogP contribution in [0.5, 0.6) is 0 Å². The smallest absolute Gasteiger partial charge is 0.254 e. The van der Waals surface area contributed by atoms with Crippen LogP contribution >= 0.6 is 0 Å². The molecule has 2 rings (SSSR count). The highest BCUT2D eigenvalue weighted by Crippen LogP contribution is 2.20. The lowest BCUT2D eigenvalue weighted by atomic mass is 9.97. The summed E-state index contributed by atoms with van der Waals surface area (Å²) in [5.41, 5.74) is 0.673. The molecule has 2 N–H and O–H groups in total. The minimum atomic E-state index is -0.968. The molecule has 0 aliphatic rings. The molecule has 1 atom stereocenters. The Morgan fingerprint density at radius 3 is 2.35 bits per heavy atom. The molecule has 0 spiro atoms. The van der Waals surface area contributed by atoms with E-state index in [0.29, 0.717) is 12.0 Å². The topological polar surface area (TPSA) is 58.2 Å². The SMILES string of the molecule is CC(C)CC(NC(=O)CNC(=O)c1ccc(F)cc1F)c1ccccc1. The number of benzene rings is 2. The van der Waals surface area contributed by atoms with E-state index in [0.717, 1.165) is 24.1 Å². The summed E-state index contributed by atoms with van der Waals surface area (Å²) in [7, 11) is 0. The Balaban J connectivity index is 1.96. The van der Waals surface area contributed by atoms with Crippen LogP contribution in [-0.4, -0.2) is 18.4 Å². The summed E-state index contributed by atoms with van der Waals surface area (Å²) in [5, 5.41) is 5.24. The summed E-state index contributed by atoms with van der Waals surface area (Å²) in [4.78, 5) is 24.2. The first-order valence-corrected chi connectivity index (χ1v) is 8.44. The van der Waals surface area contributed by atoms with Gasteiger partial charge in [0.1, 0.15) is 11.6 Å². The van der Waals surface area contributed by atoms with Crippen molar-refractivity contribution in [3.05, 3.63) is 71.3 Å². The quantitative estimate of drug-likeness (QED) is 0.793. The van der Waals surface area contributed by atoms with Gasteiger partial charge in [0.25, 0.3) is 5.91 Å². The van der Waals surface area contributed by atoms with Crippen LogP contribution in [0.3, 0.4) is 0 Å². The molecule has 1 unspecified atom stereocenters. The maximum absolute atomic E-state index is 13.6. The highest BCUT2D eigenvalue weighted by atomic mass is 19.1. The van der Waals surface area contributed by atoms with Crippen LogP contribution in [0, 0.1) is 17.6 Å². The summed E-state index contributed by atoms with van der Waals surface area (Å²) in [6.07, 6.45) is 0.746. The maximum Gasteiger partial charge on any atom is 0.254 e. The highest BCUT2D eigenvalue weighted by Gasteiger charge is 2.18. The van der Waals surface area contributed by atoms with Crippen LogP contribution in [0.25, 0.3) is 0 Å². The number of halogens is 2. The molecule has 0 bridgehead atoms. The van der Waals surface area contributed by atoms with E-state index in [-0.39, 0.29) is 24.1 Å². The van der Waals surface area contributed by atoms with Crippen molar-refractivity contribution in [3.63, 3.8) is 0 Å². The van der Waals surface area contributed by atoms with Crippen molar-refractivity contribution in [2.75, 3.05) is 6.54 Å². The molecule has 0 fully saturated rings. The van der Waals surface area contributed by atoms with Gasteiger partial charge in [0.2, 0.25) is 5.91 Å². The van der Waals surface area contributed by atoms with E-state index < -0.39 is 17.5 Å². The largest absolute Gasteiger partial charge is 0.348 e. The highest BCUT2D eigenvalue weighted by molar-refractivity contribution is 5.96. The molecule has 0 saturated heterocycles. The van der Waals surface area contributed by atoms with Crippen LogP contribution in [0.4, 0.5) is 8.78 Å². The van der Waals surface area contributed by atoms with E-state index in [1.165, 1.54) is 0 Å². The molecule has 0 heterocycles. The zero-order valence-electron chi connectivity index (χ0n) is 14.8. The van der Waals surface area contributed by atoms with Crippen LogP contribution in [0.15, 0.2) is 48.5 Å². The third kappa shape index (κ3) is 5.65. The Labute approximate surface area is 151 Å². The Hall–Kier alpha value is -2.76. The molecular weight excluding hydrogens is 338 g/mol. The predicted octanol–water partition coefficient (Wildman–Crippen LogP) is 3.60. The van der Waals surface area contributed by atoms with E-state index in [2.05, 4.69) is 24.5 Å². The Morgan fingerprint density at radius 1 is 1.04 bits per heavy atom. The zero-order valence-corrected chi connectivity index (χ0v) is 14.8. The van der Waals surface area contributed by atoms with Gasteiger partial charge in [-0.25, -0.2) is 8.78 Å². The zero-order chi connectivity index (χ0) is 19.1. The van der Waals surface area contributed by atoms with Gasteiger partial charge in [-0.05, 0) is 30.0 Å². The van der Waals surface area contributed by atoms with Gasteiger partial charge in [-0.15, -0.1) is 0 Å². The molecule has 2 aromatic rings. The van der Waals surface area contributed by atoms with Crippen molar-refractivity contribution >= 4 is 11.8 Å². The maximum atomic E-state index is 13.6. The Kier molecular flexibility index (Phi) is 6.83. The average Bonchev–Trinajstić information content (AvgIpc) is 2.59. The standard InChI is InChI=1S/C20H22F2N2O2/c1-13(2)10-18(14-6-4-3-5-7-14)24-19(25)12-23-20(26)16-9-8-15(21)11-17(16)22/h3-9,11,13,18H,10,12H2,1-2H3,(H,23,26)(H,24,25). The first kappa shape index (κ1) is 19.6. The number of carbonyl (C=O) groups excluding carboxylic acids is 2. The van der Waals surface area contributed by atoms with Crippen molar-refractivity contribution in [2.24, 2.45) is 5.92 Å². The first-order chi connectivity index (χ1) is 12.4. The number of hydrogen-bond acceptors (Lipinski definition) is 2. The number of rotatable bonds is 7. The summed E-state index contributed by atoms with van der Waals surface area (Å²) < 4.78 is 26.5. The molecule has 0 radical (unpaired) electrons. The van der Waals surface area contributed by atoms with Crippen molar-refractivity contribution in [2.45, 2.75) is 26.3 Å². The fourth-order valence-corrected chi connectivity index (χ4v) is 2.61. The Morgan fingerprint density at radius 2 is 1.73 bits per heavy atom. The van der Waals surface area contributed by atoms with E-state index in [4.69, 9.17) is 0 Å². The first-order valence-electron chi connectivity index (χ1n) is 8.44. The van der Waals surface area contributed by atoms with Crippen LogP contribution < -0.4 is 10.6 Å². The monoisotopic (exact) mass is 360 g/mol. The number of carbonyl (C=O) groups is 2. The second-order valence-electron chi connectivity index (χ2n) is 6.47. The van der Waals surface area contributed by atoms with Gasteiger partial charge in [-0.1, -0.05) is 44.2 Å². The third-order valence-corrected chi connectivity index (χ3v) is 3.83. The number of amides is 2. The third-order valence-electron chi connectivity index (χ3n) is 3.83. The van der Waals surface area contributed by atoms with E-state index in [1.54, 1.807) is 0 Å². The molecule has 0 aliphatic carbocycles. The van der Waals surface area contributed by atoms with Gasteiger partial charge < -0.3 is 10.6 Å². The second-order valence-corrected chi connectivity index (χ2v) is 6.47. The lowest BCUT2D eigenvalue weighted by Crippen LogP contribution is -2.39. The summed E-state index contributed by atoms with van der Waals surface area (Å²) in [6.45, 7) is 3.82. The predicted molar refractivity (Wildman–Crippen MR) is 95.5 cm³/mol. The summed E-state index contributed by atoms with van der Waals surface area (Å²) >= 11 is 0. The lowest BCUT2D eigenvalue weighted by molar-refractivity contribution is -0.121. The molecule has 26 heavy (non-hydrogen) atoms. The molecular formula is C20H22F2N2O2. The fraction of sp³-hybridized carbons (Fsp3) is 0.300. The minimum Gasteiger partial charge on any atom is -0.348 e. The van der Waals surface area contributed by atoms with Crippen LogP contribution in [0.2, 0.25) is 0 Å². The average molecular weight is 360 g/mol. The molecule has 4 nitrogen and oxygen atoms in total. The normalized spacial score (nSPS) is 11.9.